The fourth-order valence-corrected chi connectivity index (χ4v) is 1.53. The smallest absolute Gasteiger partial charge is 0.407 e. The molecule has 1 amide bonds. The topological polar surface area (TPSA) is 73.6 Å². The zero-order chi connectivity index (χ0) is 15.2. The Hall–Kier alpha value is -1.62. The first-order valence-corrected chi connectivity index (χ1v) is 6.80. The summed E-state index contributed by atoms with van der Waals surface area (Å²) in [6, 6.07) is 5.11. The van der Waals surface area contributed by atoms with Gasteiger partial charge in [0.25, 0.3) is 0 Å². The summed E-state index contributed by atoms with van der Waals surface area (Å²) in [6.45, 7) is 6.41. The highest BCUT2D eigenvalue weighted by molar-refractivity contribution is 6.33. The molecule has 3 N–H and O–H groups in total. The third-order valence-corrected chi connectivity index (χ3v) is 2.56. The van der Waals surface area contributed by atoms with Crippen LogP contribution in [0.5, 0.6) is 5.75 Å². The molecule has 0 atom stereocenters. The lowest BCUT2D eigenvalue weighted by atomic mass is 10.2. The monoisotopic (exact) mass is 300 g/mol. The average Bonchev–Trinajstić information content (AvgIpc) is 2.31. The van der Waals surface area contributed by atoms with E-state index in [4.69, 9.17) is 26.8 Å². The van der Waals surface area contributed by atoms with Crippen molar-refractivity contribution in [1.29, 1.82) is 0 Å². The molecular formula is C14H21ClN2O3. The molecule has 6 heteroatoms. The minimum absolute atomic E-state index is 0.423. The largest absolute Gasteiger partial charge is 0.493 e. The summed E-state index contributed by atoms with van der Waals surface area (Å²) >= 11 is 5.88. The van der Waals surface area contributed by atoms with Gasteiger partial charge in [-0.2, -0.15) is 0 Å². The number of alkyl carbamates (subject to hydrolysis) is 1. The third-order valence-electron chi connectivity index (χ3n) is 2.23. The second kappa shape index (κ2) is 7.24. The van der Waals surface area contributed by atoms with Crippen LogP contribution in [0.25, 0.3) is 0 Å². The Kier molecular flexibility index (Phi) is 5.95. The van der Waals surface area contributed by atoms with Crippen LogP contribution in [0.15, 0.2) is 18.2 Å². The van der Waals surface area contributed by atoms with Crippen LogP contribution in [0, 0.1) is 0 Å². The number of amides is 1. The summed E-state index contributed by atoms with van der Waals surface area (Å²) in [6.07, 6.45) is 0.245. The van der Waals surface area contributed by atoms with Crippen LogP contribution < -0.4 is 15.8 Å². The maximum Gasteiger partial charge on any atom is 0.407 e. The minimum Gasteiger partial charge on any atom is -0.493 e. The van der Waals surface area contributed by atoms with Crippen molar-refractivity contribution < 1.29 is 14.3 Å². The van der Waals surface area contributed by atoms with Crippen LogP contribution in [0.4, 0.5) is 10.5 Å². The number of rotatable bonds is 5. The van der Waals surface area contributed by atoms with Crippen LogP contribution in [-0.2, 0) is 4.74 Å². The highest BCUT2D eigenvalue weighted by Gasteiger charge is 2.15. The van der Waals surface area contributed by atoms with Crippen molar-refractivity contribution in [3.63, 3.8) is 0 Å². The van der Waals surface area contributed by atoms with Gasteiger partial charge in [0.2, 0.25) is 0 Å². The molecule has 0 aromatic heterocycles. The number of ether oxygens (including phenoxy) is 2. The third kappa shape index (κ3) is 6.52. The molecule has 0 aliphatic rings. The molecule has 0 heterocycles. The number of hydrogen-bond acceptors (Lipinski definition) is 4. The van der Waals surface area contributed by atoms with Crippen LogP contribution >= 0.6 is 11.6 Å². The number of hydrogen-bond donors (Lipinski definition) is 2. The van der Waals surface area contributed by atoms with Gasteiger partial charge in [0, 0.05) is 12.6 Å². The standard InChI is InChI=1S/C14H21ClN2O3/c1-14(2,3)20-13(18)17-7-4-8-19-10-5-6-12(16)11(15)9-10/h5-6,9H,4,7-8,16H2,1-3H3,(H,17,18). The predicted molar refractivity (Wildman–Crippen MR) is 80.2 cm³/mol. The van der Waals surface area contributed by atoms with Crippen molar-refractivity contribution in [2.24, 2.45) is 0 Å². The molecular weight excluding hydrogens is 280 g/mol. The molecule has 0 bridgehead atoms. The summed E-state index contributed by atoms with van der Waals surface area (Å²) < 4.78 is 10.6. The van der Waals surface area contributed by atoms with Gasteiger partial charge in [0.15, 0.2) is 0 Å². The van der Waals surface area contributed by atoms with Crippen molar-refractivity contribution in [1.82, 2.24) is 5.32 Å². The van der Waals surface area contributed by atoms with Crippen LogP contribution in [0.1, 0.15) is 27.2 Å². The molecule has 0 fully saturated rings. The van der Waals surface area contributed by atoms with E-state index in [0.717, 1.165) is 0 Å². The first-order valence-electron chi connectivity index (χ1n) is 6.42. The van der Waals surface area contributed by atoms with Crippen molar-refractivity contribution in [2.75, 3.05) is 18.9 Å². The molecule has 112 valence electrons. The molecule has 5 nitrogen and oxygen atoms in total. The van der Waals surface area contributed by atoms with Gasteiger partial charge in [-0.05, 0) is 39.3 Å². The Morgan fingerprint density at radius 1 is 1.40 bits per heavy atom. The van der Waals surface area contributed by atoms with E-state index < -0.39 is 11.7 Å². The summed E-state index contributed by atoms with van der Waals surface area (Å²) in [7, 11) is 0. The molecule has 0 radical (unpaired) electrons. The molecule has 0 saturated carbocycles. The second-order valence-corrected chi connectivity index (χ2v) is 5.72. The van der Waals surface area contributed by atoms with Gasteiger partial charge >= 0.3 is 6.09 Å². The Bertz CT molecular complexity index is 458. The molecule has 1 rings (SSSR count). The Morgan fingerprint density at radius 3 is 2.70 bits per heavy atom. The summed E-state index contributed by atoms with van der Waals surface area (Å²) in [4.78, 5) is 11.4. The van der Waals surface area contributed by atoms with Gasteiger partial charge in [-0.1, -0.05) is 11.6 Å². The van der Waals surface area contributed by atoms with E-state index in [1.807, 2.05) is 20.8 Å². The molecule has 1 aromatic carbocycles. The predicted octanol–water partition coefficient (Wildman–Crippen LogP) is 3.22. The molecule has 0 saturated heterocycles. The summed E-state index contributed by atoms with van der Waals surface area (Å²) in [5.41, 5.74) is 5.63. The van der Waals surface area contributed by atoms with Crippen molar-refractivity contribution in [2.45, 2.75) is 32.8 Å². The highest BCUT2D eigenvalue weighted by atomic mass is 35.5. The van der Waals surface area contributed by atoms with E-state index >= 15 is 0 Å². The number of carbonyl (C=O) groups excluding carboxylic acids is 1. The molecule has 0 aliphatic carbocycles. The van der Waals surface area contributed by atoms with Crippen molar-refractivity contribution in [3.05, 3.63) is 23.2 Å². The zero-order valence-electron chi connectivity index (χ0n) is 12.0. The fraction of sp³-hybridized carbons (Fsp3) is 0.500. The van der Waals surface area contributed by atoms with Gasteiger partial charge in [0.05, 0.1) is 17.3 Å². The molecule has 0 unspecified atom stereocenters. The lowest BCUT2D eigenvalue weighted by molar-refractivity contribution is 0.0525. The van der Waals surface area contributed by atoms with E-state index in [1.54, 1.807) is 18.2 Å². The summed E-state index contributed by atoms with van der Waals surface area (Å²) in [5.74, 6) is 0.654. The maximum absolute atomic E-state index is 11.4. The van der Waals surface area contributed by atoms with E-state index in [9.17, 15) is 4.79 Å². The quantitative estimate of drug-likeness (QED) is 0.647. The fourth-order valence-electron chi connectivity index (χ4n) is 1.36. The van der Waals surface area contributed by atoms with E-state index in [0.29, 0.717) is 36.0 Å². The SMILES string of the molecule is CC(C)(C)OC(=O)NCCCOc1ccc(N)c(Cl)c1. The summed E-state index contributed by atoms with van der Waals surface area (Å²) in [5, 5.41) is 3.13. The lowest BCUT2D eigenvalue weighted by Gasteiger charge is -2.19. The van der Waals surface area contributed by atoms with Crippen LogP contribution in [-0.4, -0.2) is 24.8 Å². The number of carbonyl (C=O) groups is 1. The number of anilines is 1. The van der Waals surface area contributed by atoms with E-state index in [2.05, 4.69) is 5.32 Å². The van der Waals surface area contributed by atoms with Gasteiger partial charge in [-0.15, -0.1) is 0 Å². The number of nitrogens with one attached hydrogen (secondary N) is 1. The Labute approximate surface area is 124 Å². The number of nitrogen functional groups attached to an aromatic ring is 1. The molecule has 1 aromatic rings. The number of halogens is 1. The number of nitrogens with two attached hydrogens (primary N) is 1. The lowest BCUT2D eigenvalue weighted by Crippen LogP contribution is -2.33. The molecule has 0 spiro atoms. The van der Waals surface area contributed by atoms with Gasteiger partial charge in [0.1, 0.15) is 11.4 Å². The van der Waals surface area contributed by atoms with Crippen LogP contribution in [0.3, 0.4) is 0 Å². The Balaban J connectivity index is 2.19. The van der Waals surface area contributed by atoms with E-state index in [1.165, 1.54) is 0 Å². The normalized spacial score (nSPS) is 11.0. The maximum atomic E-state index is 11.4. The molecule has 20 heavy (non-hydrogen) atoms. The van der Waals surface area contributed by atoms with Gasteiger partial charge < -0.3 is 20.5 Å². The minimum atomic E-state index is -0.485. The highest BCUT2D eigenvalue weighted by Crippen LogP contribution is 2.24. The second-order valence-electron chi connectivity index (χ2n) is 5.31. The Morgan fingerprint density at radius 2 is 2.10 bits per heavy atom. The van der Waals surface area contributed by atoms with Crippen molar-refractivity contribution in [3.8, 4) is 5.75 Å². The van der Waals surface area contributed by atoms with Gasteiger partial charge in [-0.3, -0.25) is 0 Å². The van der Waals surface area contributed by atoms with Crippen molar-refractivity contribution >= 4 is 23.4 Å². The van der Waals surface area contributed by atoms with E-state index in [-0.39, 0.29) is 0 Å². The molecule has 0 aliphatic heterocycles. The van der Waals surface area contributed by atoms with Gasteiger partial charge in [-0.25, -0.2) is 4.79 Å². The van der Waals surface area contributed by atoms with Crippen LogP contribution in [0.2, 0.25) is 5.02 Å². The zero-order valence-corrected chi connectivity index (χ0v) is 12.8. The number of benzene rings is 1. The average molecular weight is 301 g/mol. The first-order chi connectivity index (χ1) is 9.28. The first kappa shape index (κ1) is 16.4.